The van der Waals surface area contributed by atoms with E-state index in [4.69, 9.17) is 4.74 Å². The Kier molecular flexibility index (Phi) is 6.18. The van der Waals surface area contributed by atoms with Crippen molar-refractivity contribution < 1.29 is 13.2 Å². The van der Waals surface area contributed by atoms with Gasteiger partial charge in [0.1, 0.15) is 16.5 Å². The summed E-state index contributed by atoms with van der Waals surface area (Å²) in [7, 11) is -3.66. The Labute approximate surface area is 186 Å². The minimum absolute atomic E-state index is 0.189. The van der Waals surface area contributed by atoms with E-state index >= 15 is 0 Å². The van der Waals surface area contributed by atoms with Gasteiger partial charge in [0.2, 0.25) is 10.0 Å². The zero-order valence-electron chi connectivity index (χ0n) is 17.2. The first-order valence-corrected chi connectivity index (χ1v) is 12.1. The van der Waals surface area contributed by atoms with Crippen LogP contribution in [-0.4, -0.2) is 13.4 Å². The summed E-state index contributed by atoms with van der Waals surface area (Å²) in [6.45, 7) is 4.14. The molecule has 0 fully saturated rings. The fraction of sp³-hybridized carbons (Fsp3) is 0.125. The lowest BCUT2D eigenvalue weighted by atomic mass is 10.1. The van der Waals surface area contributed by atoms with Crippen LogP contribution in [0.1, 0.15) is 16.1 Å². The Bertz CT molecular complexity index is 1280. The molecule has 0 amide bonds. The molecule has 0 spiro atoms. The summed E-state index contributed by atoms with van der Waals surface area (Å²) in [5.41, 5.74) is 3.04. The molecule has 158 valence electrons. The van der Waals surface area contributed by atoms with E-state index in [0.717, 1.165) is 26.7 Å². The monoisotopic (exact) mass is 450 g/mol. The molecule has 0 bridgehead atoms. The molecule has 0 atom stereocenters. The lowest BCUT2D eigenvalue weighted by molar-refractivity contribution is 0.482. The zero-order chi connectivity index (χ0) is 21.8. The zero-order valence-corrected chi connectivity index (χ0v) is 18.8. The van der Waals surface area contributed by atoms with Crippen molar-refractivity contribution >= 4 is 21.4 Å². The highest BCUT2D eigenvalue weighted by molar-refractivity contribution is 7.89. The van der Waals surface area contributed by atoms with Crippen molar-refractivity contribution in [3.05, 3.63) is 95.0 Å². The lowest BCUT2D eigenvalue weighted by Gasteiger charge is -2.08. The van der Waals surface area contributed by atoms with E-state index in [1.54, 1.807) is 24.3 Å². The first kappa shape index (κ1) is 21.2. The third-order valence-electron chi connectivity index (χ3n) is 4.80. The van der Waals surface area contributed by atoms with E-state index < -0.39 is 10.0 Å². The highest BCUT2D eigenvalue weighted by atomic mass is 32.2. The van der Waals surface area contributed by atoms with Gasteiger partial charge in [-0.05, 0) is 55.8 Å². The first-order chi connectivity index (χ1) is 14.9. The summed E-state index contributed by atoms with van der Waals surface area (Å²) >= 11 is 1.51. The standard InChI is InChI=1S/C24H22N2O3S2/c1-17-8-6-7-11-22(17)24-26-18(2)23(30-24)16-25-31(27,28)21-14-12-20(13-15-21)29-19-9-4-3-5-10-19/h3-15,25H,16H2,1-2H3. The van der Waals surface area contributed by atoms with Crippen LogP contribution in [-0.2, 0) is 16.6 Å². The molecule has 0 saturated carbocycles. The van der Waals surface area contributed by atoms with Crippen molar-refractivity contribution in [3.63, 3.8) is 0 Å². The normalized spacial score (nSPS) is 11.4. The fourth-order valence-corrected chi connectivity index (χ4v) is 5.25. The minimum atomic E-state index is -3.66. The van der Waals surface area contributed by atoms with Crippen LogP contribution in [0.15, 0.2) is 83.8 Å². The highest BCUT2D eigenvalue weighted by Gasteiger charge is 2.17. The number of para-hydroxylation sites is 1. The van der Waals surface area contributed by atoms with E-state index in [0.29, 0.717) is 11.5 Å². The second-order valence-corrected chi connectivity index (χ2v) is 9.90. The van der Waals surface area contributed by atoms with Crippen LogP contribution in [0.2, 0.25) is 0 Å². The van der Waals surface area contributed by atoms with E-state index in [1.807, 2.05) is 68.4 Å². The number of aryl methyl sites for hydroxylation is 2. The Balaban J connectivity index is 1.45. The molecule has 0 saturated heterocycles. The van der Waals surface area contributed by atoms with Gasteiger partial charge in [0.05, 0.1) is 10.6 Å². The number of hydrogen-bond acceptors (Lipinski definition) is 5. The van der Waals surface area contributed by atoms with Crippen LogP contribution in [0.5, 0.6) is 11.5 Å². The second kappa shape index (κ2) is 9.01. The highest BCUT2D eigenvalue weighted by Crippen LogP contribution is 2.30. The molecule has 1 aromatic heterocycles. The number of ether oxygens (including phenoxy) is 1. The molecule has 5 nitrogen and oxygen atoms in total. The summed E-state index contributed by atoms with van der Waals surface area (Å²) in [6.07, 6.45) is 0. The molecule has 1 heterocycles. The Morgan fingerprint density at radius 2 is 1.52 bits per heavy atom. The van der Waals surface area contributed by atoms with Gasteiger partial charge in [-0.1, -0.05) is 42.5 Å². The Morgan fingerprint density at radius 3 is 2.23 bits per heavy atom. The largest absolute Gasteiger partial charge is 0.457 e. The SMILES string of the molecule is Cc1ccccc1-c1nc(C)c(CNS(=O)(=O)c2ccc(Oc3ccccc3)cc2)s1. The first-order valence-electron chi connectivity index (χ1n) is 9.77. The third-order valence-corrected chi connectivity index (χ3v) is 7.41. The molecule has 4 aromatic rings. The Hall–Kier alpha value is -3.00. The molecular formula is C24H22N2O3S2. The van der Waals surface area contributed by atoms with Crippen molar-refractivity contribution in [2.75, 3.05) is 0 Å². The van der Waals surface area contributed by atoms with Gasteiger partial charge in [-0.25, -0.2) is 18.1 Å². The predicted octanol–water partition coefficient (Wildman–Crippen LogP) is 5.70. The maximum absolute atomic E-state index is 12.7. The average Bonchev–Trinajstić information content (AvgIpc) is 3.14. The number of thiazole rings is 1. The molecule has 31 heavy (non-hydrogen) atoms. The molecule has 0 aliphatic carbocycles. The molecule has 7 heteroatoms. The van der Waals surface area contributed by atoms with Crippen LogP contribution in [0.3, 0.4) is 0 Å². The van der Waals surface area contributed by atoms with Crippen LogP contribution in [0, 0.1) is 13.8 Å². The van der Waals surface area contributed by atoms with Gasteiger partial charge in [-0.2, -0.15) is 0 Å². The van der Waals surface area contributed by atoms with Gasteiger partial charge in [0, 0.05) is 17.0 Å². The number of nitrogens with one attached hydrogen (secondary N) is 1. The number of aromatic nitrogens is 1. The van der Waals surface area contributed by atoms with Gasteiger partial charge in [0.25, 0.3) is 0 Å². The van der Waals surface area contributed by atoms with Crippen molar-refractivity contribution in [1.82, 2.24) is 9.71 Å². The number of sulfonamides is 1. The average molecular weight is 451 g/mol. The van der Waals surface area contributed by atoms with E-state index in [2.05, 4.69) is 9.71 Å². The van der Waals surface area contributed by atoms with Gasteiger partial charge < -0.3 is 4.74 Å². The van der Waals surface area contributed by atoms with Crippen molar-refractivity contribution in [2.45, 2.75) is 25.3 Å². The van der Waals surface area contributed by atoms with Crippen LogP contribution < -0.4 is 9.46 Å². The van der Waals surface area contributed by atoms with Crippen LogP contribution >= 0.6 is 11.3 Å². The molecule has 0 radical (unpaired) electrons. The summed E-state index contributed by atoms with van der Waals surface area (Å²) in [4.78, 5) is 5.72. The smallest absolute Gasteiger partial charge is 0.240 e. The molecule has 0 aliphatic rings. The van der Waals surface area contributed by atoms with E-state index in [1.165, 1.54) is 11.3 Å². The fourth-order valence-electron chi connectivity index (χ4n) is 3.08. The lowest BCUT2D eigenvalue weighted by Crippen LogP contribution is -2.23. The summed E-state index contributed by atoms with van der Waals surface area (Å²) < 4.78 is 33.9. The maximum atomic E-state index is 12.7. The Morgan fingerprint density at radius 1 is 0.871 bits per heavy atom. The molecule has 3 aromatic carbocycles. The number of nitrogens with zero attached hydrogens (tertiary/aromatic N) is 1. The van der Waals surface area contributed by atoms with E-state index in [-0.39, 0.29) is 11.4 Å². The second-order valence-electron chi connectivity index (χ2n) is 7.05. The van der Waals surface area contributed by atoms with Crippen molar-refractivity contribution in [3.8, 4) is 22.1 Å². The quantitative estimate of drug-likeness (QED) is 0.392. The maximum Gasteiger partial charge on any atom is 0.240 e. The molecule has 0 unspecified atom stereocenters. The molecule has 1 N–H and O–H groups in total. The van der Waals surface area contributed by atoms with Crippen molar-refractivity contribution in [1.29, 1.82) is 0 Å². The van der Waals surface area contributed by atoms with Crippen LogP contribution in [0.4, 0.5) is 0 Å². The van der Waals surface area contributed by atoms with Gasteiger partial charge in [-0.15, -0.1) is 11.3 Å². The molecule has 0 aliphatic heterocycles. The van der Waals surface area contributed by atoms with Gasteiger partial charge >= 0.3 is 0 Å². The molecule has 4 rings (SSSR count). The third kappa shape index (κ3) is 5.02. The number of benzene rings is 3. The summed E-state index contributed by atoms with van der Waals surface area (Å²) in [5.74, 6) is 1.27. The van der Waals surface area contributed by atoms with Gasteiger partial charge in [-0.3, -0.25) is 0 Å². The van der Waals surface area contributed by atoms with Crippen LogP contribution in [0.25, 0.3) is 10.6 Å². The van der Waals surface area contributed by atoms with E-state index in [9.17, 15) is 8.42 Å². The predicted molar refractivity (Wildman–Crippen MR) is 124 cm³/mol. The number of hydrogen-bond donors (Lipinski definition) is 1. The van der Waals surface area contributed by atoms with Crippen molar-refractivity contribution in [2.24, 2.45) is 0 Å². The number of rotatable bonds is 7. The topological polar surface area (TPSA) is 68.3 Å². The van der Waals surface area contributed by atoms with Gasteiger partial charge in [0.15, 0.2) is 0 Å². The summed E-state index contributed by atoms with van der Waals surface area (Å²) in [6, 6.07) is 23.8. The molecular weight excluding hydrogens is 428 g/mol. The summed E-state index contributed by atoms with van der Waals surface area (Å²) in [5, 5.41) is 0.896. The minimum Gasteiger partial charge on any atom is -0.457 e.